The summed E-state index contributed by atoms with van der Waals surface area (Å²) >= 11 is 0. The van der Waals surface area contributed by atoms with Gasteiger partial charge in [0, 0.05) is 12.0 Å². The standard InChI is InChI=1S/C12H10O/c13-12-9-8-11(12)7-6-10-4-2-1-3-5-10/h1-5,11H,8-9H2. The second kappa shape index (κ2) is 3.45. The molecule has 1 heteroatoms. The fourth-order valence-electron chi connectivity index (χ4n) is 1.25. The van der Waals surface area contributed by atoms with E-state index < -0.39 is 0 Å². The molecule has 0 bridgehead atoms. The molecular weight excluding hydrogens is 160 g/mol. The number of rotatable bonds is 0. The Hall–Kier alpha value is -1.55. The van der Waals surface area contributed by atoms with Crippen LogP contribution in [0.4, 0.5) is 0 Å². The van der Waals surface area contributed by atoms with Crippen LogP contribution in [0.1, 0.15) is 18.4 Å². The molecular formula is C12H10O. The lowest BCUT2D eigenvalue weighted by atomic mass is 9.84. The summed E-state index contributed by atoms with van der Waals surface area (Å²) in [4.78, 5) is 10.9. The Morgan fingerprint density at radius 2 is 2.00 bits per heavy atom. The van der Waals surface area contributed by atoms with Crippen molar-refractivity contribution in [1.82, 2.24) is 0 Å². The number of hydrogen-bond donors (Lipinski definition) is 0. The van der Waals surface area contributed by atoms with Crippen molar-refractivity contribution in [3.63, 3.8) is 0 Å². The van der Waals surface area contributed by atoms with E-state index in [1.807, 2.05) is 30.3 Å². The van der Waals surface area contributed by atoms with E-state index in [9.17, 15) is 4.79 Å². The SMILES string of the molecule is O=C1CCC1C#Cc1ccccc1. The lowest BCUT2D eigenvalue weighted by Gasteiger charge is -2.17. The Balaban J connectivity index is 2.09. The fraction of sp³-hybridized carbons (Fsp3) is 0.250. The molecule has 1 unspecified atom stereocenters. The maximum Gasteiger partial charge on any atom is 0.147 e. The molecule has 0 aromatic heterocycles. The molecule has 0 radical (unpaired) electrons. The van der Waals surface area contributed by atoms with Crippen LogP contribution in [0.15, 0.2) is 30.3 Å². The Morgan fingerprint density at radius 3 is 2.54 bits per heavy atom. The van der Waals surface area contributed by atoms with E-state index in [0.717, 1.165) is 12.0 Å². The molecule has 0 amide bonds. The molecule has 1 aromatic rings. The van der Waals surface area contributed by atoms with Gasteiger partial charge in [-0.05, 0) is 18.6 Å². The third kappa shape index (κ3) is 1.78. The summed E-state index contributed by atoms with van der Waals surface area (Å²) in [7, 11) is 0. The average molecular weight is 170 g/mol. The molecule has 1 saturated carbocycles. The molecule has 0 spiro atoms. The molecule has 0 heterocycles. The first-order chi connectivity index (χ1) is 6.36. The van der Waals surface area contributed by atoms with E-state index in [-0.39, 0.29) is 5.92 Å². The maximum absolute atomic E-state index is 10.9. The van der Waals surface area contributed by atoms with E-state index in [1.54, 1.807) is 0 Å². The van der Waals surface area contributed by atoms with E-state index in [4.69, 9.17) is 0 Å². The largest absolute Gasteiger partial charge is 0.298 e. The summed E-state index contributed by atoms with van der Waals surface area (Å²) in [5, 5.41) is 0. The molecule has 1 fully saturated rings. The lowest BCUT2D eigenvalue weighted by Crippen LogP contribution is -2.23. The molecule has 1 aliphatic carbocycles. The zero-order valence-corrected chi connectivity index (χ0v) is 7.29. The maximum atomic E-state index is 10.9. The Bertz CT molecular complexity index is 367. The van der Waals surface area contributed by atoms with Crippen molar-refractivity contribution in [3.8, 4) is 11.8 Å². The first-order valence-electron chi connectivity index (χ1n) is 4.45. The van der Waals surface area contributed by atoms with Crippen LogP contribution in [0.2, 0.25) is 0 Å². The van der Waals surface area contributed by atoms with Gasteiger partial charge in [-0.25, -0.2) is 0 Å². The highest BCUT2D eigenvalue weighted by Gasteiger charge is 2.25. The second-order valence-corrected chi connectivity index (χ2v) is 3.19. The molecule has 64 valence electrons. The summed E-state index contributed by atoms with van der Waals surface area (Å²) in [6, 6.07) is 9.77. The number of carbonyl (C=O) groups is 1. The quantitative estimate of drug-likeness (QED) is 0.544. The van der Waals surface area contributed by atoms with Crippen LogP contribution in [0.25, 0.3) is 0 Å². The highest BCUT2D eigenvalue weighted by molar-refractivity contribution is 5.89. The number of benzene rings is 1. The minimum Gasteiger partial charge on any atom is -0.298 e. The van der Waals surface area contributed by atoms with E-state index >= 15 is 0 Å². The Labute approximate surface area is 77.8 Å². The van der Waals surface area contributed by atoms with Crippen LogP contribution < -0.4 is 0 Å². The third-order valence-electron chi connectivity index (χ3n) is 2.23. The minimum atomic E-state index is 0.0141. The summed E-state index contributed by atoms with van der Waals surface area (Å²) < 4.78 is 0. The molecule has 0 aliphatic heterocycles. The van der Waals surface area contributed by atoms with E-state index in [0.29, 0.717) is 12.2 Å². The molecule has 1 atom stereocenters. The van der Waals surface area contributed by atoms with Crippen molar-refractivity contribution in [2.24, 2.45) is 5.92 Å². The molecule has 0 N–H and O–H groups in total. The van der Waals surface area contributed by atoms with Gasteiger partial charge in [0.1, 0.15) is 5.78 Å². The number of carbonyl (C=O) groups excluding carboxylic acids is 1. The van der Waals surface area contributed by atoms with Gasteiger partial charge >= 0.3 is 0 Å². The zero-order chi connectivity index (χ0) is 9.10. The number of ketones is 1. The van der Waals surface area contributed by atoms with Crippen LogP contribution in [0, 0.1) is 17.8 Å². The second-order valence-electron chi connectivity index (χ2n) is 3.19. The van der Waals surface area contributed by atoms with Gasteiger partial charge in [0.05, 0.1) is 5.92 Å². The van der Waals surface area contributed by atoms with Gasteiger partial charge in [0.25, 0.3) is 0 Å². The molecule has 0 saturated heterocycles. The van der Waals surface area contributed by atoms with Crippen molar-refractivity contribution < 1.29 is 4.79 Å². The monoisotopic (exact) mass is 170 g/mol. The van der Waals surface area contributed by atoms with Crippen LogP contribution in [-0.2, 0) is 4.79 Å². The zero-order valence-electron chi connectivity index (χ0n) is 7.29. The van der Waals surface area contributed by atoms with Gasteiger partial charge < -0.3 is 0 Å². The third-order valence-corrected chi connectivity index (χ3v) is 2.23. The van der Waals surface area contributed by atoms with Crippen LogP contribution in [0.3, 0.4) is 0 Å². The normalized spacial score (nSPS) is 20.0. The number of hydrogen-bond acceptors (Lipinski definition) is 1. The first kappa shape index (κ1) is 8.07. The van der Waals surface area contributed by atoms with Crippen LogP contribution in [-0.4, -0.2) is 5.78 Å². The van der Waals surface area contributed by atoms with Crippen molar-refractivity contribution in [2.45, 2.75) is 12.8 Å². The number of Topliss-reactive ketones (excluding diaryl/α,β-unsaturated/α-hetero) is 1. The smallest absolute Gasteiger partial charge is 0.147 e. The van der Waals surface area contributed by atoms with E-state index in [2.05, 4.69) is 11.8 Å². The molecule has 1 aliphatic rings. The molecule has 1 aromatic carbocycles. The summed E-state index contributed by atoms with van der Waals surface area (Å²) in [6.07, 6.45) is 1.66. The summed E-state index contributed by atoms with van der Waals surface area (Å²) in [5.74, 6) is 6.30. The minimum absolute atomic E-state index is 0.0141. The highest BCUT2D eigenvalue weighted by Crippen LogP contribution is 2.20. The van der Waals surface area contributed by atoms with Gasteiger partial charge in [-0.1, -0.05) is 30.0 Å². The van der Waals surface area contributed by atoms with Crippen LogP contribution >= 0.6 is 0 Å². The topological polar surface area (TPSA) is 17.1 Å². The van der Waals surface area contributed by atoms with Crippen molar-refractivity contribution in [3.05, 3.63) is 35.9 Å². The Morgan fingerprint density at radius 1 is 1.23 bits per heavy atom. The Kier molecular flexibility index (Phi) is 2.14. The van der Waals surface area contributed by atoms with E-state index in [1.165, 1.54) is 0 Å². The molecule has 13 heavy (non-hydrogen) atoms. The van der Waals surface area contributed by atoms with Crippen molar-refractivity contribution in [1.29, 1.82) is 0 Å². The lowest BCUT2D eigenvalue weighted by molar-refractivity contribution is -0.126. The summed E-state index contributed by atoms with van der Waals surface area (Å²) in [6.45, 7) is 0. The van der Waals surface area contributed by atoms with Crippen molar-refractivity contribution >= 4 is 5.78 Å². The predicted molar refractivity (Wildman–Crippen MR) is 51.1 cm³/mol. The van der Waals surface area contributed by atoms with Crippen LogP contribution in [0.5, 0.6) is 0 Å². The average Bonchev–Trinajstić information content (AvgIpc) is 2.17. The predicted octanol–water partition coefficient (Wildman–Crippen LogP) is 2.02. The van der Waals surface area contributed by atoms with Gasteiger partial charge in [-0.15, -0.1) is 0 Å². The van der Waals surface area contributed by atoms with Gasteiger partial charge in [0.15, 0.2) is 0 Å². The molecule has 2 rings (SSSR count). The van der Waals surface area contributed by atoms with Crippen molar-refractivity contribution in [2.75, 3.05) is 0 Å². The molecule has 1 nitrogen and oxygen atoms in total. The van der Waals surface area contributed by atoms with Gasteiger partial charge in [0.2, 0.25) is 0 Å². The van der Waals surface area contributed by atoms with Gasteiger partial charge in [-0.3, -0.25) is 4.79 Å². The fourth-order valence-corrected chi connectivity index (χ4v) is 1.25. The first-order valence-corrected chi connectivity index (χ1v) is 4.45. The highest BCUT2D eigenvalue weighted by atomic mass is 16.1. The summed E-state index contributed by atoms with van der Waals surface area (Å²) in [5.41, 5.74) is 0.988. The van der Waals surface area contributed by atoms with Gasteiger partial charge in [-0.2, -0.15) is 0 Å².